The predicted molar refractivity (Wildman–Crippen MR) is 123 cm³/mol. The van der Waals surface area contributed by atoms with E-state index in [0.29, 0.717) is 30.4 Å². The van der Waals surface area contributed by atoms with Crippen molar-refractivity contribution in [1.29, 1.82) is 0 Å². The molecule has 0 fully saturated rings. The monoisotopic (exact) mass is 447 g/mol. The summed E-state index contributed by atoms with van der Waals surface area (Å²) < 4.78 is 12.5. The average Bonchev–Trinajstić information content (AvgIpc) is 3.47. The summed E-state index contributed by atoms with van der Waals surface area (Å²) in [6, 6.07) is 19.1. The van der Waals surface area contributed by atoms with E-state index in [1.54, 1.807) is 16.2 Å². The van der Waals surface area contributed by atoms with Gasteiger partial charge in [-0.15, -0.1) is 11.3 Å². The first kappa shape index (κ1) is 20.3. The fraction of sp³-hybridized carbons (Fsp3) is 0.208. The summed E-state index contributed by atoms with van der Waals surface area (Å²) in [6.07, 6.45) is 0.249. The van der Waals surface area contributed by atoms with Gasteiger partial charge in [-0.2, -0.15) is 0 Å². The lowest BCUT2D eigenvalue weighted by Gasteiger charge is -2.29. The SMILES string of the molecule is O=C(CCC(=O)N1CCOc2ccccc21)NCc1ccc(-c2nc3ccccc3s2)o1. The van der Waals surface area contributed by atoms with Crippen LogP contribution < -0.4 is 15.0 Å². The maximum absolute atomic E-state index is 12.6. The summed E-state index contributed by atoms with van der Waals surface area (Å²) in [7, 11) is 0. The van der Waals surface area contributed by atoms with Gasteiger partial charge in [0.15, 0.2) is 10.8 Å². The molecule has 0 spiro atoms. The molecule has 1 N–H and O–H groups in total. The summed E-state index contributed by atoms with van der Waals surface area (Å²) in [5.41, 5.74) is 1.69. The lowest BCUT2D eigenvalue weighted by molar-refractivity contribution is -0.125. The number of nitrogens with one attached hydrogen (secondary N) is 1. The molecule has 0 bridgehead atoms. The molecule has 0 unspecified atom stereocenters. The molecule has 1 aliphatic rings. The second-order valence-corrected chi connectivity index (χ2v) is 8.42. The Morgan fingerprint density at radius 1 is 1.03 bits per heavy atom. The van der Waals surface area contributed by atoms with Crippen LogP contribution in [0.1, 0.15) is 18.6 Å². The van der Waals surface area contributed by atoms with E-state index in [1.807, 2.05) is 60.7 Å². The van der Waals surface area contributed by atoms with Crippen molar-refractivity contribution in [3.05, 3.63) is 66.4 Å². The summed E-state index contributed by atoms with van der Waals surface area (Å²) >= 11 is 1.56. The number of amides is 2. The highest BCUT2D eigenvalue weighted by Gasteiger charge is 2.23. The van der Waals surface area contributed by atoms with Crippen molar-refractivity contribution in [2.75, 3.05) is 18.1 Å². The molecule has 162 valence electrons. The van der Waals surface area contributed by atoms with Crippen LogP contribution in [0.15, 0.2) is 65.1 Å². The fourth-order valence-corrected chi connectivity index (χ4v) is 4.55. The number of nitrogens with zero attached hydrogens (tertiary/aromatic N) is 2. The molecule has 32 heavy (non-hydrogen) atoms. The van der Waals surface area contributed by atoms with E-state index >= 15 is 0 Å². The molecule has 0 saturated carbocycles. The van der Waals surface area contributed by atoms with Crippen molar-refractivity contribution in [3.8, 4) is 16.5 Å². The zero-order valence-electron chi connectivity index (χ0n) is 17.2. The molecule has 5 rings (SSSR count). The number of hydrogen-bond donors (Lipinski definition) is 1. The van der Waals surface area contributed by atoms with Gasteiger partial charge in [0.2, 0.25) is 11.8 Å². The first-order valence-electron chi connectivity index (χ1n) is 10.4. The quantitative estimate of drug-likeness (QED) is 0.474. The molecule has 7 nitrogen and oxygen atoms in total. The number of anilines is 1. The molecular weight excluding hydrogens is 426 g/mol. The third kappa shape index (κ3) is 4.22. The Hall–Kier alpha value is -3.65. The minimum absolute atomic E-state index is 0.0907. The van der Waals surface area contributed by atoms with E-state index in [4.69, 9.17) is 9.15 Å². The van der Waals surface area contributed by atoms with Gasteiger partial charge in [-0.25, -0.2) is 4.98 Å². The second-order valence-electron chi connectivity index (χ2n) is 7.39. The standard InChI is InChI=1S/C24H21N3O4S/c28-22(11-12-23(29)27-13-14-30-19-7-3-2-6-18(19)27)25-15-16-9-10-20(31-16)24-26-17-5-1-4-8-21(17)32-24/h1-10H,11-15H2,(H,25,28). The number of hydrogen-bond acceptors (Lipinski definition) is 6. The highest BCUT2D eigenvalue weighted by atomic mass is 32.1. The zero-order valence-corrected chi connectivity index (χ0v) is 18.1. The molecule has 1 aliphatic heterocycles. The number of fused-ring (bicyclic) bond motifs is 2. The third-order valence-electron chi connectivity index (χ3n) is 5.22. The van der Waals surface area contributed by atoms with Crippen molar-refractivity contribution >= 4 is 39.1 Å². The van der Waals surface area contributed by atoms with Crippen LogP contribution in [0, 0.1) is 0 Å². The number of ether oxygens (including phenoxy) is 1. The van der Waals surface area contributed by atoms with E-state index in [9.17, 15) is 9.59 Å². The largest absolute Gasteiger partial charge is 0.490 e. The van der Waals surface area contributed by atoms with E-state index in [-0.39, 0.29) is 31.2 Å². The van der Waals surface area contributed by atoms with E-state index in [1.165, 1.54) is 0 Å². The summed E-state index contributed by atoms with van der Waals surface area (Å²) in [4.78, 5) is 31.2. The van der Waals surface area contributed by atoms with Crippen molar-refractivity contribution in [2.45, 2.75) is 19.4 Å². The van der Waals surface area contributed by atoms with Crippen molar-refractivity contribution in [3.63, 3.8) is 0 Å². The first-order valence-corrected chi connectivity index (χ1v) is 11.2. The van der Waals surface area contributed by atoms with Crippen LogP contribution in [-0.4, -0.2) is 29.9 Å². The Balaban J connectivity index is 1.14. The highest BCUT2D eigenvalue weighted by Crippen LogP contribution is 2.32. The lowest BCUT2D eigenvalue weighted by atomic mass is 10.2. The van der Waals surface area contributed by atoms with Gasteiger partial charge < -0.3 is 19.4 Å². The molecule has 4 aromatic rings. The van der Waals surface area contributed by atoms with Crippen LogP contribution >= 0.6 is 11.3 Å². The Morgan fingerprint density at radius 2 is 1.88 bits per heavy atom. The van der Waals surface area contributed by atoms with Gasteiger partial charge in [0.25, 0.3) is 0 Å². The molecule has 0 atom stereocenters. The number of aromatic nitrogens is 1. The number of carbonyl (C=O) groups excluding carboxylic acids is 2. The summed E-state index contributed by atoms with van der Waals surface area (Å²) in [5.74, 6) is 1.72. The lowest BCUT2D eigenvalue weighted by Crippen LogP contribution is -2.38. The minimum Gasteiger partial charge on any atom is -0.490 e. The topological polar surface area (TPSA) is 84.7 Å². The van der Waals surface area contributed by atoms with Gasteiger partial charge in [-0.3, -0.25) is 9.59 Å². The summed E-state index contributed by atoms with van der Waals surface area (Å²) in [6.45, 7) is 1.20. The third-order valence-corrected chi connectivity index (χ3v) is 6.27. The number of carbonyl (C=O) groups is 2. The Labute approximate surface area is 188 Å². The van der Waals surface area contributed by atoms with Gasteiger partial charge >= 0.3 is 0 Å². The molecule has 3 heterocycles. The van der Waals surface area contributed by atoms with Crippen LogP contribution in [0.5, 0.6) is 5.75 Å². The van der Waals surface area contributed by atoms with Crippen LogP contribution in [0.4, 0.5) is 5.69 Å². The maximum Gasteiger partial charge on any atom is 0.227 e. The predicted octanol–water partition coefficient (Wildman–Crippen LogP) is 4.38. The maximum atomic E-state index is 12.6. The average molecular weight is 448 g/mol. The smallest absolute Gasteiger partial charge is 0.227 e. The molecule has 0 radical (unpaired) electrons. The molecule has 2 aromatic heterocycles. The van der Waals surface area contributed by atoms with Gasteiger partial charge in [0, 0.05) is 12.8 Å². The first-order chi connectivity index (χ1) is 15.7. The second kappa shape index (κ2) is 8.84. The minimum atomic E-state index is -0.196. The molecule has 2 aromatic carbocycles. The van der Waals surface area contributed by atoms with E-state index < -0.39 is 0 Å². The molecule has 8 heteroatoms. The van der Waals surface area contributed by atoms with E-state index in [0.717, 1.165) is 20.9 Å². The van der Waals surface area contributed by atoms with Crippen molar-refractivity contribution in [2.24, 2.45) is 0 Å². The van der Waals surface area contributed by atoms with Gasteiger partial charge in [0.1, 0.15) is 18.1 Å². The number of rotatable bonds is 6. The Morgan fingerprint density at radius 3 is 2.78 bits per heavy atom. The fourth-order valence-electron chi connectivity index (χ4n) is 3.62. The number of para-hydroxylation sites is 3. The van der Waals surface area contributed by atoms with Gasteiger partial charge in [-0.05, 0) is 36.4 Å². The van der Waals surface area contributed by atoms with Crippen LogP contribution in [0.25, 0.3) is 21.0 Å². The molecular formula is C24H21N3O4S. The number of furan rings is 1. The van der Waals surface area contributed by atoms with Crippen LogP contribution in [-0.2, 0) is 16.1 Å². The van der Waals surface area contributed by atoms with E-state index in [2.05, 4.69) is 10.3 Å². The van der Waals surface area contributed by atoms with Gasteiger partial charge in [0.05, 0.1) is 29.0 Å². The molecule has 2 amide bonds. The number of thiazole rings is 1. The molecule has 0 saturated heterocycles. The normalized spacial score (nSPS) is 12.9. The van der Waals surface area contributed by atoms with Crippen LogP contribution in [0.3, 0.4) is 0 Å². The highest BCUT2D eigenvalue weighted by molar-refractivity contribution is 7.21. The van der Waals surface area contributed by atoms with Crippen molar-refractivity contribution in [1.82, 2.24) is 10.3 Å². The zero-order chi connectivity index (χ0) is 21.9. The Bertz CT molecular complexity index is 1250. The molecule has 0 aliphatic carbocycles. The van der Waals surface area contributed by atoms with Gasteiger partial charge in [-0.1, -0.05) is 24.3 Å². The Kier molecular flexibility index (Phi) is 5.60. The number of benzene rings is 2. The van der Waals surface area contributed by atoms with Crippen molar-refractivity contribution < 1.29 is 18.7 Å². The van der Waals surface area contributed by atoms with Crippen LogP contribution in [0.2, 0.25) is 0 Å². The summed E-state index contributed by atoms with van der Waals surface area (Å²) in [5, 5.41) is 3.63.